The van der Waals surface area contributed by atoms with E-state index in [4.69, 9.17) is 4.74 Å². The third-order valence-corrected chi connectivity index (χ3v) is 4.86. The molecular weight excluding hydrogens is 358 g/mol. The van der Waals surface area contributed by atoms with Crippen LogP contribution in [-0.2, 0) is 11.8 Å². The van der Waals surface area contributed by atoms with E-state index in [1.807, 2.05) is 19.1 Å². The molecule has 9 heteroatoms. The molecule has 28 heavy (non-hydrogen) atoms. The Morgan fingerprint density at radius 3 is 2.86 bits per heavy atom. The van der Waals surface area contributed by atoms with Crippen LogP contribution in [0.3, 0.4) is 0 Å². The third kappa shape index (κ3) is 3.13. The van der Waals surface area contributed by atoms with Crippen LogP contribution in [0.15, 0.2) is 24.5 Å². The van der Waals surface area contributed by atoms with Crippen molar-refractivity contribution < 1.29 is 9.53 Å². The number of aryl methyl sites for hydroxylation is 1. The van der Waals surface area contributed by atoms with Crippen LogP contribution in [-0.4, -0.2) is 63.5 Å². The van der Waals surface area contributed by atoms with Crippen LogP contribution in [0.1, 0.15) is 12.5 Å². The van der Waals surface area contributed by atoms with Gasteiger partial charge in [-0.2, -0.15) is 10.4 Å². The van der Waals surface area contributed by atoms with Crippen LogP contribution in [0.25, 0.3) is 22.4 Å². The van der Waals surface area contributed by atoms with Crippen molar-refractivity contribution in [2.75, 3.05) is 37.7 Å². The number of piperazine rings is 1. The molecule has 0 aliphatic carbocycles. The Morgan fingerprint density at radius 1 is 1.36 bits per heavy atom. The van der Waals surface area contributed by atoms with E-state index < -0.39 is 0 Å². The zero-order valence-electron chi connectivity index (χ0n) is 15.8. The minimum absolute atomic E-state index is 0.259. The summed E-state index contributed by atoms with van der Waals surface area (Å²) in [6.45, 7) is 4.84. The smallest absolute Gasteiger partial charge is 0.409 e. The molecule has 1 aliphatic rings. The van der Waals surface area contributed by atoms with Gasteiger partial charge in [0.2, 0.25) is 0 Å². The van der Waals surface area contributed by atoms with Crippen molar-refractivity contribution in [2.45, 2.75) is 6.92 Å². The lowest BCUT2D eigenvalue weighted by Gasteiger charge is -2.35. The van der Waals surface area contributed by atoms with Crippen LogP contribution in [0, 0.1) is 11.3 Å². The molecule has 0 spiro atoms. The maximum atomic E-state index is 11.9. The summed E-state index contributed by atoms with van der Waals surface area (Å²) in [6.07, 6.45) is 3.20. The number of nitrogens with zero attached hydrogens (tertiary/aromatic N) is 6. The zero-order chi connectivity index (χ0) is 19.7. The van der Waals surface area contributed by atoms with E-state index in [0.29, 0.717) is 44.0 Å². The minimum atomic E-state index is -0.259. The molecule has 144 valence electrons. The summed E-state index contributed by atoms with van der Waals surface area (Å²) in [5.41, 5.74) is 3.68. The van der Waals surface area contributed by atoms with Gasteiger partial charge >= 0.3 is 6.09 Å². The number of aromatic nitrogens is 4. The third-order valence-electron chi connectivity index (χ3n) is 4.86. The molecule has 3 aromatic heterocycles. The average Bonchev–Trinajstić information content (AvgIpc) is 3.31. The van der Waals surface area contributed by atoms with Gasteiger partial charge in [-0.05, 0) is 19.1 Å². The SMILES string of the molecule is CCOC(=O)N1CCN(c2ccnc3[nH]c(-c4nn(C)cc4C#N)cc23)CC1. The Bertz CT molecular complexity index is 1050. The van der Waals surface area contributed by atoms with E-state index in [1.54, 1.807) is 29.0 Å². The first-order valence-electron chi connectivity index (χ1n) is 9.19. The lowest BCUT2D eigenvalue weighted by atomic mass is 10.2. The Balaban J connectivity index is 1.62. The monoisotopic (exact) mass is 379 g/mol. The highest BCUT2D eigenvalue weighted by molar-refractivity contribution is 5.94. The number of nitrogens with one attached hydrogen (secondary N) is 1. The highest BCUT2D eigenvalue weighted by Gasteiger charge is 2.24. The number of aromatic amines is 1. The van der Waals surface area contributed by atoms with E-state index >= 15 is 0 Å². The van der Waals surface area contributed by atoms with Crippen LogP contribution in [0.4, 0.5) is 10.5 Å². The quantitative estimate of drug-likeness (QED) is 0.748. The van der Waals surface area contributed by atoms with Gasteiger partial charge in [0.15, 0.2) is 0 Å². The number of ether oxygens (including phenoxy) is 1. The van der Waals surface area contributed by atoms with Gasteiger partial charge in [0.1, 0.15) is 17.4 Å². The molecule has 1 aliphatic heterocycles. The maximum Gasteiger partial charge on any atom is 0.409 e. The Hall–Kier alpha value is -3.54. The van der Waals surface area contributed by atoms with Gasteiger partial charge < -0.3 is 19.5 Å². The lowest BCUT2D eigenvalue weighted by Crippen LogP contribution is -2.49. The first kappa shape index (κ1) is 17.9. The second-order valence-electron chi connectivity index (χ2n) is 6.63. The summed E-state index contributed by atoms with van der Waals surface area (Å²) in [5, 5.41) is 14.7. The highest BCUT2D eigenvalue weighted by atomic mass is 16.6. The van der Waals surface area contributed by atoms with Crippen LogP contribution in [0.2, 0.25) is 0 Å². The fraction of sp³-hybridized carbons (Fsp3) is 0.368. The van der Waals surface area contributed by atoms with Crippen molar-refractivity contribution >= 4 is 22.8 Å². The topological polar surface area (TPSA) is 103 Å². The predicted molar refractivity (Wildman–Crippen MR) is 104 cm³/mol. The normalized spacial score (nSPS) is 14.3. The molecule has 0 aromatic carbocycles. The van der Waals surface area contributed by atoms with Gasteiger partial charge in [-0.25, -0.2) is 9.78 Å². The molecule has 4 rings (SSSR count). The van der Waals surface area contributed by atoms with Crippen LogP contribution < -0.4 is 4.90 Å². The largest absolute Gasteiger partial charge is 0.450 e. The summed E-state index contributed by atoms with van der Waals surface area (Å²) in [4.78, 5) is 23.6. The molecule has 4 heterocycles. The molecular formula is C19H21N7O2. The number of amides is 1. The summed E-state index contributed by atoms with van der Waals surface area (Å²) < 4.78 is 6.71. The molecule has 1 fully saturated rings. The molecule has 0 bridgehead atoms. The summed E-state index contributed by atoms with van der Waals surface area (Å²) in [5.74, 6) is 0. The van der Waals surface area contributed by atoms with Gasteiger partial charge in [-0.15, -0.1) is 0 Å². The van der Waals surface area contributed by atoms with Crippen molar-refractivity contribution in [3.05, 3.63) is 30.1 Å². The van der Waals surface area contributed by atoms with Crippen molar-refractivity contribution in [3.63, 3.8) is 0 Å². The number of pyridine rings is 1. The van der Waals surface area contributed by atoms with Gasteiger partial charge in [-0.1, -0.05) is 0 Å². The number of fused-ring (bicyclic) bond motifs is 1. The fourth-order valence-corrected chi connectivity index (χ4v) is 3.53. The minimum Gasteiger partial charge on any atom is -0.450 e. The number of carbonyl (C=O) groups excluding carboxylic acids is 1. The van der Waals surface area contributed by atoms with Crippen LogP contribution >= 0.6 is 0 Å². The second-order valence-corrected chi connectivity index (χ2v) is 6.63. The first-order chi connectivity index (χ1) is 13.6. The van der Waals surface area contributed by atoms with Crippen molar-refractivity contribution in [2.24, 2.45) is 7.05 Å². The number of anilines is 1. The maximum absolute atomic E-state index is 11.9. The molecule has 0 radical (unpaired) electrons. The highest BCUT2D eigenvalue weighted by Crippen LogP contribution is 2.31. The second kappa shape index (κ2) is 7.23. The summed E-state index contributed by atoms with van der Waals surface area (Å²) in [6, 6.07) is 6.14. The van der Waals surface area contributed by atoms with Crippen LogP contribution in [0.5, 0.6) is 0 Å². The number of nitriles is 1. The molecule has 0 saturated carbocycles. The van der Waals surface area contributed by atoms with Crippen molar-refractivity contribution in [1.82, 2.24) is 24.6 Å². The molecule has 0 atom stereocenters. The van der Waals surface area contributed by atoms with Gasteiger partial charge in [0, 0.05) is 56.7 Å². The molecule has 1 saturated heterocycles. The average molecular weight is 379 g/mol. The Morgan fingerprint density at radius 2 is 2.14 bits per heavy atom. The summed E-state index contributed by atoms with van der Waals surface area (Å²) in [7, 11) is 1.79. The van der Waals surface area contributed by atoms with E-state index in [9.17, 15) is 10.1 Å². The zero-order valence-corrected chi connectivity index (χ0v) is 15.8. The predicted octanol–water partition coefficient (Wildman–Crippen LogP) is 2.11. The number of H-pyrrole nitrogens is 1. The van der Waals surface area contributed by atoms with Gasteiger partial charge in [-0.3, -0.25) is 4.68 Å². The molecule has 0 unspecified atom stereocenters. The van der Waals surface area contributed by atoms with Crippen molar-refractivity contribution in [3.8, 4) is 17.5 Å². The summed E-state index contributed by atoms with van der Waals surface area (Å²) >= 11 is 0. The van der Waals surface area contributed by atoms with E-state index in [2.05, 4.69) is 26.0 Å². The van der Waals surface area contributed by atoms with Crippen molar-refractivity contribution in [1.29, 1.82) is 5.26 Å². The molecule has 1 amide bonds. The molecule has 1 N–H and O–H groups in total. The number of hydrogen-bond donors (Lipinski definition) is 1. The fourth-order valence-electron chi connectivity index (χ4n) is 3.53. The standard InChI is InChI=1S/C19H21N7O2/c1-3-28-19(27)26-8-6-25(7-9-26)16-4-5-21-18-14(16)10-15(22-18)17-13(11-20)12-24(2)23-17/h4-5,10,12H,3,6-9H2,1-2H3,(H,21,22). The lowest BCUT2D eigenvalue weighted by molar-refractivity contribution is 0.105. The molecule has 3 aromatic rings. The van der Waals surface area contributed by atoms with Gasteiger partial charge in [0.25, 0.3) is 0 Å². The Kier molecular flexibility index (Phi) is 4.61. The number of carbonyl (C=O) groups is 1. The number of hydrogen-bond acceptors (Lipinski definition) is 6. The van der Waals surface area contributed by atoms with E-state index in [1.165, 1.54) is 0 Å². The Labute approximate surface area is 162 Å². The van der Waals surface area contributed by atoms with Gasteiger partial charge in [0.05, 0.1) is 17.9 Å². The number of rotatable bonds is 3. The van der Waals surface area contributed by atoms with E-state index in [0.717, 1.165) is 22.4 Å². The molecule has 9 nitrogen and oxygen atoms in total. The first-order valence-corrected chi connectivity index (χ1v) is 9.19. The van der Waals surface area contributed by atoms with E-state index in [-0.39, 0.29) is 6.09 Å².